The molecule has 2 aromatic carbocycles. The fourth-order valence-electron chi connectivity index (χ4n) is 4.08. The third kappa shape index (κ3) is 4.56. The van der Waals surface area contributed by atoms with Crippen molar-refractivity contribution in [2.24, 2.45) is 0 Å². The van der Waals surface area contributed by atoms with Gasteiger partial charge in [-0.3, -0.25) is 10.1 Å². The molecule has 2 heterocycles. The molecule has 0 spiro atoms. The van der Waals surface area contributed by atoms with Crippen molar-refractivity contribution in [1.29, 1.82) is 0 Å². The van der Waals surface area contributed by atoms with E-state index in [0.717, 1.165) is 30.9 Å². The summed E-state index contributed by atoms with van der Waals surface area (Å²) in [6.07, 6.45) is 2.19. The molecule has 1 unspecified atom stereocenters. The van der Waals surface area contributed by atoms with Gasteiger partial charge in [0.2, 0.25) is 10.0 Å². The van der Waals surface area contributed by atoms with Gasteiger partial charge in [0, 0.05) is 32.2 Å². The standard InChI is InChI=1S/C21H24FN3O5S/c22-17-6-4-16(5-7-17)21-15-23(12-13-30-21)19-9-8-18(14-20(19)25(26)27)31(28,29)24-10-2-1-3-11-24/h4-9,14,21H,1-3,10-13,15H2. The molecule has 2 fully saturated rings. The maximum Gasteiger partial charge on any atom is 0.293 e. The lowest BCUT2D eigenvalue weighted by Crippen LogP contribution is -2.39. The highest BCUT2D eigenvalue weighted by atomic mass is 32.2. The maximum absolute atomic E-state index is 13.2. The topological polar surface area (TPSA) is 93.0 Å². The van der Waals surface area contributed by atoms with Crippen LogP contribution in [0, 0.1) is 15.9 Å². The second-order valence-electron chi connectivity index (χ2n) is 7.73. The molecule has 166 valence electrons. The van der Waals surface area contributed by atoms with Crippen molar-refractivity contribution in [1.82, 2.24) is 4.31 Å². The van der Waals surface area contributed by atoms with E-state index < -0.39 is 14.9 Å². The van der Waals surface area contributed by atoms with Crippen LogP contribution < -0.4 is 4.90 Å². The number of ether oxygens (including phenoxy) is 1. The smallest absolute Gasteiger partial charge is 0.293 e. The zero-order valence-electron chi connectivity index (χ0n) is 16.9. The van der Waals surface area contributed by atoms with E-state index in [4.69, 9.17) is 4.74 Å². The predicted molar refractivity (Wildman–Crippen MR) is 113 cm³/mol. The van der Waals surface area contributed by atoms with Crippen molar-refractivity contribution < 1.29 is 22.5 Å². The molecule has 1 atom stereocenters. The fraction of sp³-hybridized carbons (Fsp3) is 0.429. The molecule has 8 nitrogen and oxygen atoms in total. The van der Waals surface area contributed by atoms with E-state index >= 15 is 0 Å². The molecule has 0 saturated carbocycles. The van der Waals surface area contributed by atoms with Gasteiger partial charge in [-0.15, -0.1) is 0 Å². The minimum Gasteiger partial charge on any atom is -0.370 e. The molecule has 4 rings (SSSR count). The summed E-state index contributed by atoms with van der Waals surface area (Å²) in [4.78, 5) is 13.0. The van der Waals surface area contributed by atoms with Gasteiger partial charge in [-0.2, -0.15) is 4.31 Å². The Labute approximate surface area is 180 Å². The second-order valence-corrected chi connectivity index (χ2v) is 9.67. The normalized spacial score (nSPS) is 20.5. The summed E-state index contributed by atoms with van der Waals surface area (Å²) >= 11 is 0. The number of halogens is 1. The Kier molecular flexibility index (Phi) is 6.22. The highest BCUT2D eigenvalue weighted by Crippen LogP contribution is 2.35. The van der Waals surface area contributed by atoms with E-state index in [9.17, 15) is 22.9 Å². The Morgan fingerprint density at radius 3 is 2.42 bits per heavy atom. The molecule has 2 saturated heterocycles. The van der Waals surface area contributed by atoms with Crippen molar-refractivity contribution in [3.05, 3.63) is 64.0 Å². The van der Waals surface area contributed by atoms with Crippen LogP contribution in [0.5, 0.6) is 0 Å². The largest absolute Gasteiger partial charge is 0.370 e. The van der Waals surface area contributed by atoms with Crippen molar-refractivity contribution >= 4 is 21.4 Å². The molecule has 2 aliphatic rings. The van der Waals surface area contributed by atoms with Crippen molar-refractivity contribution in [2.45, 2.75) is 30.3 Å². The molecule has 0 bridgehead atoms. The summed E-state index contributed by atoms with van der Waals surface area (Å²) in [7, 11) is -3.77. The molecular weight excluding hydrogens is 425 g/mol. The van der Waals surface area contributed by atoms with Gasteiger partial charge < -0.3 is 9.64 Å². The van der Waals surface area contributed by atoms with E-state index in [1.165, 1.54) is 28.6 Å². The van der Waals surface area contributed by atoms with Crippen LogP contribution in [0.1, 0.15) is 30.9 Å². The fourth-order valence-corrected chi connectivity index (χ4v) is 5.62. The third-order valence-corrected chi connectivity index (χ3v) is 7.64. The number of piperidine rings is 1. The van der Waals surface area contributed by atoms with Crippen LogP contribution in [0.3, 0.4) is 0 Å². The number of anilines is 1. The van der Waals surface area contributed by atoms with Crippen molar-refractivity contribution in [3.63, 3.8) is 0 Å². The number of nitrogens with zero attached hydrogens (tertiary/aromatic N) is 3. The zero-order chi connectivity index (χ0) is 22.0. The highest BCUT2D eigenvalue weighted by Gasteiger charge is 2.31. The summed E-state index contributed by atoms with van der Waals surface area (Å²) in [5.74, 6) is -0.349. The number of nitro groups is 1. The zero-order valence-corrected chi connectivity index (χ0v) is 17.8. The van der Waals surface area contributed by atoms with E-state index in [1.807, 2.05) is 4.90 Å². The lowest BCUT2D eigenvalue weighted by Gasteiger charge is -2.34. The number of nitro benzene ring substituents is 1. The van der Waals surface area contributed by atoms with Crippen molar-refractivity contribution in [2.75, 3.05) is 37.7 Å². The number of hydrogen-bond donors (Lipinski definition) is 0. The monoisotopic (exact) mass is 449 g/mol. The van der Waals surface area contributed by atoms with Crippen molar-refractivity contribution in [3.8, 4) is 0 Å². The predicted octanol–water partition coefficient (Wildman–Crippen LogP) is 3.49. The minimum absolute atomic E-state index is 0.0619. The SMILES string of the molecule is O=[N+]([O-])c1cc(S(=O)(=O)N2CCCCC2)ccc1N1CCOC(c2ccc(F)cc2)C1. The Morgan fingerprint density at radius 2 is 1.74 bits per heavy atom. The first-order valence-electron chi connectivity index (χ1n) is 10.3. The quantitative estimate of drug-likeness (QED) is 0.513. The maximum atomic E-state index is 13.2. The van der Waals surface area contributed by atoms with Crippen LogP contribution in [0.25, 0.3) is 0 Å². The summed E-state index contributed by atoms with van der Waals surface area (Å²) in [5.41, 5.74) is 0.869. The van der Waals surface area contributed by atoms with Crippen LogP contribution in [0.2, 0.25) is 0 Å². The lowest BCUT2D eigenvalue weighted by molar-refractivity contribution is -0.384. The average Bonchev–Trinajstić information content (AvgIpc) is 2.80. The van der Waals surface area contributed by atoms with Gasteiger partial charge in [0.05, 0.1) is 16.4 Å². The molecule has 2 aromatic rings. The van der Waals surface area contributed by atoms with Gasteiger partial charge in [0.25, 0.3) is 5.69 Å². The molecule has 0 aliphatic carbocycles. The first-order valence-corrected chi connectivity index (χ1v) is 11.7. The summed E-state index contributed by atoms with van der Waals surface area (Å²) < 4.78 is 46.3. The van der Waals surface area contributed by atoms with Gasteiger partial charge in [0.15, 0.2) is 0 Å². The molecule has 10 heteroatoms. The first kappa shape index (κ1) is 21.7. The molecule has 2 aliphatic heterocycles. The van der Waals surface area contributed by atoms with Gasteiger partial charge in [-0.1, -0.05) is 18.6 Å². The molecule has 0 radical (unpaired) electrons. The number of sulfonamides is 1. The van der Waals surface area contributed by atoms with Crippen LogP contribution in [0.4, 0.5) is 15.8 Å². The van der Waals surface area contributed by atoms with Gasteiger partial charge in [0.1, 0.15) is 17.6 Å². The summed E-state index contributed by atoms with van der Waals surface area (Å²) in [6, 6.07) is 10.1. The molecule has 0 aromatic heterocycles. The Morgan fingerprint density at radius 1 is 1.03 bits per heavy atom. The molecule has 0 amide bonds. The number of morpholine rings is 1. The van der Waals surface area contributed by atoms with Crippen LogP contribution >= 0.6 is 0 Å². The Balaban J connectivity index is 1.62. The molecular formula is C21H24FN3O5S. The van der Waals surface area contributed by atoms with E-state index in [0.29, 0.717) is 38.5 Å². The number of hydrogen-bond acceptors (Lipinski definition) is 6. The van der Waals surface area contributed by atoms with Crippen LogP contribution in [-0.4, -0.2) is 50.4 Å². The Hall–Kier alpha value is -2.56. The summed E-state index contributed by atoms with van der Waals surface area (Å²) in [5, 5.41) is 11.8. The molecule has 31 heavy (non-hydrogen) atoms. The van der Waals surface area contributed by atoms with Gasteiger partial charge in [-0.25, -0.2) is 12.8 Å². The number of benzene rings is 2. The summed E-state index contributed by atoms with van der Waals surface area (Å²) in [6.45, 7) is 1.97. The van der Waals surface area contributed by atoms with Crippen LogP contribution in [0.15, 0.2) is 47.4 Å². The van der Waals surface area contributed by atoms with Gasteiger partial charge in [-0.05, 0) is 42.7 Å². The van der Waals surface area contributed by atoms with Gasteiger partial charge >= 0.3 is 0 Å². The lowest BCUT2D eigenvalue weighted by atomic mass is 10.1. The highest BCUT2D eigenvalue weighted by molar-refractivity contribution is 7.89. The first-order chi connectivity index (χ1) is 14.9. The minimum atomic E-state index is -3.77. The molecule has 0 N–H and O–H groups in total. The van der Waals surface area contributed by atoms with E-state index in [1.54, 1.807) is 12.1 Å². The van der Waals surface area contributed by atoms with Crippen LogP contribution in [-0.2, 0) is 14.8 Å². The average molecular weight is 450 g/mol. The van der Waals surface area contributed by atoms with E-state index in [2.05, 4.69) is 0 Å². The Bertz CT molecular complexity index is 1060. The third-order valence-electron chi connectivity index (χ3n) is 5.75. The number of rotatable bonds is 5. The second kappa shape index (κ2) is 8.89. The van der Waals surface area contributed by atoms with E-state index in [-0.39, 0.29) is 22.5 Å².